The van der Waals surface area contributed by atoms with E-state index in [4.69, 9.17) is 5.11 Å². The molecule has 0 aliphatic heterocycles. The monoisotopic (exact) mass is 402 g/mol. The van der Waals surface area contributed by atoms with E-state index in [0.717, 1.165) is 16.9 Å². The van der Waals surface area contributed by atoms with Crippen LogP contribution >= 0.6 is 0 Å². The summed E-state index contributed by atoms with van der Waals surface area (Å²) in [7, 11) is 1.88. The molecule has 2 heterocycles. The molecule has 4 aromatic rings. The molecule has 2 aromatic carbocycles. The second kappa shape index (κ2) is 8.00. The fourth-order valence-electron chi connectivity index (χ4n) is 3.06. The fraction of sp³-hybridized carbons (Fsp3) is 0.0952. The minimum Gasteiger partial charge on any atom is -0.478 e. The largest absolute Gasteiger partial charge is 0.478 e. The maximum absolute atomic E-state index is 12.5. The van der Waals surface area contributed by atoms with Crippen LogP contribution in [0.15, 0.2) is 67.3 Å². The molecule has 9 nitrogen and oxygen atoms in total. The van der Waals surface area contributed by atoms with Crippen LogP contribution in [0.25, 0.3) is 17.1 Å². The Kier molecular flexibility index (Phi) is 5.08. The molecule has 0 fully saturated rings. The maximum atomic E-state index is 12.5. The lowest BCUT2D eigenvalue weighted by Gasteiger charge is -2.10. The summed E-state index contributed by atoms with van der Waals surface area (Å²) in [6.45, 7) is 0.243. The first-order valence-electron chi connectivity index (χ1n) is 9.12. The average Bonchev–Trinajstić information content (AvgIpc) is 3.41. The van der Waals surface area contributed by atoms with Crippen LogP contribution in [-0.4, -0.2) is 41.5 Å². The number of aryl methyl sites for hydroxylation is 1. The molecule has 0 aliphatic rings. The molecule has 0 saturated heterocycles. The Morgan fingerprint density at radius 2 is 1.90 bits per heavy atom. The summed E-state index contributed by atoms with van der Waals surface area (Å²) in [5.41, 5.74) is 3.48. The molecule has 0 bridgehead atoms. The highest BCUT2D eigenvalue weighted by atomic mass is 16.4. The summed E-state index contributed by atoms with van der Waals surface area (Å²) in [6, 6.07) is 13.4. The lowest BCUT2D eigenvalue weighted by Crippen LogP contribution is -2.23. The lowest BCUT2D eigenvalue weighted by molar-refractivity contribution is 0.0697. The molecule has 30 heavy (non-hydrogen) atoms. The Morgan fingerprint density at radius 3 is 2.67 bits per heavy atom. The Morgan fingerprint density at radius 1 is 1.10 bits per heavy atom. The number of carboxylic acids is 1. The van der Waals surface area contributed by atoms with Crippen molar-refractivity contribution in [1.29, 1.82) is 0 Å². The van der Waals surface area contributed by atoms with Gasteiger partial charge in [-0.3, -0.25) is 4.79 Å². The predicted octanol–water partition coefficient (Wildman–Crippen LogP) is 2.30. The van der Waals surface area contributed by atoms with E-state index in [9.17, 15) is 9.59 Å². The number of aromatic nitrogens is 5. The van der Waals surface area contributed by atoms with Gasteiger partial charge >= 0.3 is 5.97 Å². The molecule has 0 radical (unpaired) electrons. The molecule has 2 aromatic heterocycles. The van der Waals surface area contributed by atoms with Gasteiger partial charge in [0.15, 0.2) is 0 Å². The average molecular weight is 402 g/mol. The molecule has 0 atom stereocenters. The van der Waals surface area contributed by atoms with Crippen LogP contribution in [0.4, 0.5) is 0 Å². The van der Waals surface area contributed by atoms with E-state index in [1.54, 1.807) is 35.5 Å². The van der Waals surface area contributed by atoms with E-state index >= 15 is 0 Å². The molecule has 0 saturated carbocycles. The minimum absolute atomic E-state index is 0.0633. The molecule has 0 aliphatic carbocycles. The standard InChI is InChI=1S/C21H18N6O3/c1-26-13-22-11-19(26)17-12-27(25-24-17)18-8-3-2-5-16(18)10-23-20(28)14-6-4-7-15(9-14)21(29)30/h2-9,11-13H,10H2,1H3,(H,23,28)(H,29,30). The second-order valence-corrected chi connectivity index (χ2v) is 6.64. The number of amides is 1. The third-order valence-electron chi connectivity index (χ3n) is 4.62. The molecule has 9 heteroatoms. The number of carbonyl (C=O) groups excluding carboxylic acids is 1. The van der Waals surface area contributed by atoms with Crippen molar-refractivity contribution < 1.29 is 14.7 Å². The number of benzene rings is 2. The smallest absolute Gasteiger partial charge is 0.335 e. The Balaban J connectivity index is 1.54. The quantitative estimate of drug-likeness (QED) is 0.511. The van der Waals surface area contributed by atoms with Gasteiger partial charge in [0, 0.05) is 19.2 Å². The number of hydrogen-bond acceptors (Lipinski definition) is 5. The molecule has 0 spiro atoms. The minimum atomic E-state index is -1.08. The van der Waals surface area contributed by atoms with E-state index in [2.05, 4.69) is 20.6 Å². The van der Waals surface area contributed by atoms with Gasteiger partial charge in [0.25, 0.3) is 5.91 Å². The lowest BCUT2D eigenvalue weighted by atomic mass is 10.1. The van der Waals surface area contributed by atoms with Crippen LogP contribution in [0.5, 0.6) is 0 Å². The number of nitrogens with zero attached hydrogens (tertiary/aromatic N) is 5. The highest BCUT2D eigenvalue weighted by Crippen LogP contribution is 2.19. The van der Waals surface area contributed by atoms with Gasteiger partial charge in [0.1, 0.15) is 5.69 Å². The zero-order valence-corrected chi connectivity index (χ0v) is 16.1. The van der Waals surface area contributed by atoms with E-state index < -0.39 is 5.97 Å². The Bertz CT molecular complexity index is 1230. The van der Waals surface area contributed by atoms with Gasteiger partial charge in [-0.2, -0.15) is 0 Å². The summed E-state index contributed by atoms with van der Waals surface area (Å²) >= 11 is 0. The van der Waals surface area contributed by atoms with E-state index in [1.165, 1.54) is 12.1 Å². The van der Waals surface area contributed by atoms with Crippen LogP contribution in [0.3, 0.4) is 0 Å². The topological polar surface area (TPSA) is 115 Å². The van der Waals surface area contributed by atoms with Crippen molar-refractivity contribution in [2.45, 2.75) is 6.54 Å². The molecule has 150 valence electrons. The molecule has 0 unspecified atom stereocenters. The van der Waals surface area contributed by atoms with Crippen LogP contribution in [0.1, 0.15) is 26.3 Å². The van der Waals surface area contributed by atoms with Gasteiger partial charge < -0.3 is 15.0 Å². The van der Waals surface area contributed by atoms with Gasteiger partial charge in [-0.15, -0.1) is 5.10 Å². The van der Waals surface area contributed by atoms with Crippen molar-refractivity contribution in [2.75, 3.05) is 0 Å². The first kappa shape index (κ1) is 19.1. The second-order valence-electron chi connectivity index (χ2n) is 6.64. The molecular formula is C21H18N6O3. The summed E-state index contributed by atoms with van der Waals surface area (Å²) in [4.78, 5) is 27.7. The number of aromatic carboxylic acids is 1. The number of hydrogen-bond donors (Lipinski definition) is 2. The van der Waals surface area contributed by atoms with Gasteiger partial charge in [0.05, 0.1) is 35.7 Å². The summed E-state index contributed by atoms with van der Waals surface area (Å²) < 4.78 is 3.50. The fourth-order valence-corrected chi connectivity index (χ4v) is 3.06. The zero-order valence-electron chi connectivity index (χ0n) is 16.1. The highest BCUT2D eigenvalue weighted by Gasteiger charge is 2.13. The number of nitrogens with one attached hydrogen (secondary N) is 1. The van der Waals surface area contributed by atoms with E-state index in [1.807, 2.05) is 35.9 Å². The normalized spacial score (nSPS) is 10.7. The number of imidazole rings is 1. The Labute approximate surface area is 171 Å². The first-order valence-corrected chi connectivity index (χ1v) is 9.12. The van der Waals surface area contributed by atoms with Crippen molar-refractivity contribution in [3.63, 3.8) is 0 Å². The van der Waals surface area contributed by atoms with Crippen molar-refractivity contribution >= 4 is 11.9 Å². The molecule has 1 amide bonds. The molecule has 2 N–H and O–H groups in total. The highest BCUT2D eigenvalue weighted by molar-refractivity contribution is 5.97. The SMILES string of the molecule is Cn1cncc1-c1cn(-c2ccccc2CNC(=O)c2cccc(C(=O)O)c2)nn1. The van der Waals surface area contributed by atoms with Crippen molar-refractivity contribution in [3.8, 4) is 17.1 Å². The maximum Gasteiger partial charge on any atom is 0.335 e. The number of carbonyl (C=O) groups is 2. The summed E-state index contributed by atoms with van der Waals surface area (Å²) in [6.07, 6.45) is 5.21. The van der Waals surface area contributed by atoms with Gasteiger partial charge in [-0.05, 0) is 29.8 Å². The van der Waals surface area contributed by atoms with E-state index in [-0.39, 0.29) is 23.6 Å². The van der Waals surface area contributed by atoms with Gasteiger partial charge in [-0.25, -0.2) is 14.5 Å². The third-order valence-corrected chi connectivity index (χ3v) is 4.62. The summed E-state index contributed by atoms with van der Waals surface area (Å²) in [5.74, 6) is -1.44. The first-order chi connectivity index (χ1) is 14.5. The number of para-hydroxylation sites is 1. The predicted molar refractivity (Wildman–Crippen MR) is 108 cm³/mol. The van der Waals surface area contributed by atoms with Crippen LogP contribution < -0.4 is 5.32 Å². The van der Waals surface area contributed by atoms with Gasteiger partial charge in [0.2, 0.25) is 0 Å². The van der Waals surface area contributed by atoms with Gasteiger partial charge in [-0.1, -0.05) is 29.5 Å². The molecule has 4 rings (SSSR count). The van der Waals surface area contributed by atoms with Crippen molar-refractivity contribution in [3.05, 3.63) is 83.9 Å². The number of carboxylic acid groups (broad SMARTS) is 1. The number of rotatable bonds is 6. The Hall–Kier alpha value is -4.27. The van der Waals surface area contributed by atoms with Crippen LogP contribution in [0, 0.1) is 0 Å². The van der Waals surface area contributed by atoms with Crippen LogP contribution in [-0.2, 0) is 13.6 Å². The van der Waals surface area contributed by atoms with E-state index in [0.29, 0.717) is 5.69 Å². The van der Waals surface area contributed by atoms with Crippen molar-refractivity contribution in [1.82, 2.24) is 29.9 Å². The zero-order chi connectivity index (χ0) is 21.1. The van der Waals surface area contributed by atoms with Crippen LogP contribution in [0.2, 0.25) is 0 Å². The molecular weight excluding hydrogens is 384 g/mol. The third kappa shape index (κ3) is 3.81. The summed E-state index contributed by atoms with van der Waals surface area (Å²) in [5, 5.41) is 20.3. The van der Waals surface area contributed by atoms with Crippen molar-refractivity contribution in [2.24, 2.45) is 7.05 Å².